The molecule has 0 aliphatic carbocycles. The standard InChI is InChI=1S/C13H23NOS/c1-11(2)10-15-8-5-7-14-12(3)13-6-4-9-16-13/h4,6,9,11-12,14H,5,7-8,10H2,1-3H3. The Balaban J connectivity index is 1.99. The Hall–Kier alpha value is -0.380. The van der Waals surface area contributed by atoms with Crippen LogP contribution < -0.4 is 5.32 Å². The van der Waals surface area contributed by atoms with E-state index in [0.29, 0.717) is 12.0 Å². The van der Waals surface area contributed by atoms with E-state index in [1.165, 1.54) is 4.88 Å². The van der Waals surface area contributed by atoms with Crippen LogP contribution in [0.5, 0.6) is 0 Å². The third-order valence-corrected chi connectivity index (χ3v) is 3.39. The number of nitrogens with one attached hydrogen (secondary N) is 1. The highest BCUT2D eigenvalue weighted by Gasteiger charge is 2.04. The molecule has 0 saturated heterocycles. The fraction of sp³-hybridized carbons (Fsp3) is 0.692. The minimum Gasteiger partial charge on any atom is -0.381 e. The SMILES string of the molecule is CC(C)COCCCNC(C)c1cccs1. The van der Waals surface area contributed by atoms with Gasteiger partial charge in [0, 0.05) is 24.1 Å². The van der Waals surface area contributed by atoms with E-state index < -0.39 is 0 Å². The maximum Gasteiger partial charge on any atom is 0.0489 e. The van der Waals surface area contributed by atoms with Gasteiger partial charge in [0.2, 0.25) is 0 Å². The smallest absolute Gasteiger partial charge is 0.0489 e. The van der Waals surface area contributed by atoms with Crippen LogP contribution in [0.2, 0.25) is 0 Å². The lowest BCUT2D eigenvalue weighted by Gasteiger charge is -2.12. The van der Waals surface area contributed by atoms with Crippen molar-refractivity contribution in [2.24, 2.45) is 5.92 Å². The van der Waals surface area contributed by atoms with E-state index in [-0.39, 0.29) is 0 Å². The van der Waals surface area contributed by atoms with E-state index in [4.69, 9.17) is 4.74 Å². The quantitative estimate of drug-likeness (QED) is 0.704. The molecule has 0 spiro atoms. The second kappa shape index (κ2) is 7.82. The van der Waals surface area contributed by atoms with Crippen molar-refractivity contribution in [1.82, 2.24) is 5.32 Å². The third kappa shape index (κ3) is 5.64. The molecule has 1 rings (SSSR count). The zero-order valence-corrected chi connectivity index (χ0v) is 11.3. The molecule has 2 nitrogen and oxygen atoms in total. The number of thiophene rings is 1. The van der Waals surface area contributed by atoms with Gasteiger partial charge in [-0.2, -0.15) is 0 Å². The highest BCUT2D eigenvalue weighted by Crippen LogP contribution is 2.17. The van der Waals surface area contributed by atoms with E-state index in [0.717, 1.165) is 26.2 Å². The maximum absolute atomic E-state index is 5.53. The molecule has 0 aliphatic heterocycles. The molecule has 0 amide bonds. The van der Waals surface area contributed by atoms with Crippen molar-refractivity contribution in [3.05, 3.63) is 22.4 Å². The average molecular weight is 241 g/mol. The lowest BCUT2D eigenvalue weighted by molar-refractivity contribution is 0.107. The van der Waals surface area contributed by atoms with Gasteiger partial charge in [-0.1, -0.05) is 19.9 Å². The van der Waals surface area contributed by atoms with Crippen LogP contribution in [-0.2, 0) is 4.74 Å². The Bertz CT molecular complexity index is 259. The fourth-order valence-corrected chi connectivity index (χ4v) is 2.21. The summed E-state index contributed by atoms with van der Waals surface area (Å²) in [5.74, 6) is 0.637. The molecule has 0 fully saturated rings. The Labute approximate surface area is 103 Å². The van der Waals surface area contributed by atoms with Crippen LogP contribution in [0, 0.1) is 5.92 Å². The predicted molar refractivity (Wildman–Crippen MR) is 71.0 cm³/mol. The molecule has 0 aromatic carbocycles. The molecule has 1 unspecified atom stereocenters. The Morgan fingerprint density at radius 1 is 1.38 bits per heavy atom. The van der Waals surface area contributed by atoms with Gasteiger partial charge in [0.1, 0.15) is 0 Å². The number of hydrogen-bond donors (Lipinski definition) is 1. The monoisotopic (exact) mass is 241 g/mol. The Kier molecular flexibility index (Phi) is 6.69. The zero-order valence-electron chi connectivity index (χ0n) is 10.5. The molecule has 0 saturated carbocycles. The minimum atomic E-state index is 0.463. The zero-order chi connectivity index (χ0) is 11.8. The summed E-state index contributed by atoms with van der Waals surface area (Å²) in [6.45, 7) is 9.33. The molecule has 0 radical (unpaired) electrons. The molecule has 1 heterocycles. The highest BCUT2D eigenvalue weighted by molar-refractivity contribution is 7.10. The second-order valence-electron chi connectivity index (χ2n) is 4.51. The van der Waals surface area contributed by atoms with Crippen molar-refractivity contribution in [1.29, 1.82) is 0 Å². The first-order valence-corrected chi connectivity index (χ1v) is 6.92. The first-order chi connectivity index (χ1) is 7.70. The summed E-state index contributed by atoms with van der Waals surface area (Å²) >= 11 is 1.81. The normalized spacial score (nSPS) is 13.2. The van der Waals surface area contributed by atoms with Gasteiger partial charge >= 0.3 is 0 Å². The summed E-state index contributed by atoms with van der Waals surface area (Å²) in [6.07, 6.45) is 1.09. The van der Waals surface area contributed by atoms with E-state index in [1.54, 1.807) is 0 Å². The molecule has 0 bridgehead atoms. The van der Waals surface area contributed by atoms with Gasteiger partial charge in [-0.05, 0) is 37.3 Å². The van der Waals surface area contributed by atoms with Crippen LogP contribution in [-0.4, -0.2) is 19.8 Å². The summed E-state index contributed by atoms with van der Waals surface area (Å²) in [5, 5.41) is 5.63. The summed E-state index contributed by atoms with van der Waals surface area (Å²) in [4.78, 5) is 1.41. The Morgan fingerprint density at radius 2 is 2.19 bits per heavy atom. The van der Waals surface area contributed by atoms with Crippen LogP contribution in [0.25, 0.3) is 0 Å². The number of ether oxygens (including phenoxy) is 1. The van der Waals surface area contributed by atoms with Gasteiger partial charge in [0.15, 0.2) is 0 Å². The molecule has 1 aromatic heterocycles. The van der Waals surface area contributed by atoms with Crippen LogP contribution in [0.15, 0.2) is 17.5 Å². The molecule has 1 aromatic rings. The molecule has 1 N–H and O–H groups in total. The predicted octanol–water partition coefficient (Wildman–Crippen LogP) is 3.46. The summed E-state index contributed by atoms with van der Waals surface area (Å²) in [6, 6.07) is 4.74. The van der Waals surface area contributed by atoms with Crippen molar-refractivity contribution >= 4 is 11.3 Å². The summed E-state index contributed by atoms with van der Waals surface area (Å²) in [5.41, 5.74) is 0. The van der Waals surface area contributed by atoms with Crippen LogP contribution in [0.1, 0.15) is 38.1 Å². The molecule has 92 valence electrons. The molecular weight excluding hydrogens is 218 g/mol. The van der Waals surface area contributed by atoms with Gasteiger partial charge in [0.25, 0.3) is 0 Å². The summed E-state index contributed by atoms with van der Waals surface area (Å²) < 4.78 is 5.53. The molecule has 1 atom stereocenters. The number of hydrogen-bond acceptors (Lipinski definition) is 3. The molecule has 3 heteroatoms. The van der Waals surface area contributed by atoms with Gasteiger partial charge in [0.05, 0.1) is 0 Å². The van der Waals surface area contributed by atoms with Crippen LogP contribution in [0.4, 0.5) is 0 Å². The van der Waals surface area contributed by atoms with Gasteiger partial charge < -0.3 is 10.1 Å². The van der Waals surface area contributed by atoms with Crippen molar-refractivity contribution in [3.63, 3.8) is 0 Å². The third-order valence-electron chi connectivity index (χ3n) is 2.34. The van der Waals surface area contributed by atoms with Crippen LogP contribution in [0.3, 0.4) is 0 Å². The van der Waals surface area contributed by atoms with Crippen LogP contribution >= 0.6 is 11.3 Å². The second-order valence-corrected chi connectivity index (χ2v) is 5.49. The lowest BCUT2D eigenvalue weighted by atomic mass is 10.2. The minimum absolute atomic E-state index is 0.463. The van der Waals surface area contributed by atoms with Crippen molar-refractivity contribution in [2.45, 2.75) is 33.2 Å². The van der Waals surface area contributed by atoms with Gasteiger partial charge in [-0.15, -0.1) is 11.3 Å². The van der Waals surface area contributed by atoms with E-state index >= 15 is 0 Å². The summed E-state index contributed by atoms with van der Waals surface area (Å²) in [7, 11) is 0. The van der Waals surface area contributed by atoms with Crippen molar-refractivity contribution < 1.29 is 4.74 Å². The molecule has 0 aliphatic rings. The first kappa shape index (κ1) is 13.7. The van der Waals surface area contributed by atoms with Crippen molar-refractivity contribution in [3.8, 4) is 0 Å². The highest BCUT2D eigenvalue weighted by atomic mass is 32.1. The maximum atomic E-state index is 5.53. The topological polar surface area (TPSA) is 21.3 Å². The lowest BCUT2D eigenvalue weighted by Crippen LogP contribution is -2.20. The largest absolute Gasteiger partial charge is 0.381 e. The van der Waals surface area contributed by atoms with Crippen molar-refractivity contribution in [2.75, 3.05) is 19.8 Å². The first-order valence-electron chi connectivity index (χ1n) is 6.04. The fourth-order valence-electron chi connectivity index (χ4n) is 1.45. The van der Waals surface area contributed by atoms with Gasteiger partial charge in [-0.3, -0.25) is 0 Å². The Morgan fingerprint density at radius 3 is 2.81 bits per heavy atom. The molecule has 16 heavy (non-hydrogen) atoms. The molecular formula is C13H23NOS. The van der Waals surface area contributed by atoms with E-state index in [1.807, 2.05) is 11.3 Å². The van der Waals surface area contributed by atoms with E-state index in [2.05, 4.69) is 43.6 Å². The van der Waals surface area contributed by atoms with E-state index in [9.17, 15) is 0 Å². The number of rotatable bonds is 8. The van der Waals surface area contributed by atoms with Gasteiger partial charge in [-0.25, -0.2) is 0 Å². The average Bonchev–Trinajstić information content (AvgIpc) is 2.75.